The van der Waals surface area contributed by atoms with E-state index in [1.165, 1.54) is 17.2 Å². The van der Waals surface area contributed by atoms with E-state index < -0.39 is 5.72 Å². The van der Waals surface area contributed by atoms with Crippen molar-refractivity contribution >= 4 is 12.1 Å². The predicted octanol–water partition coefficient (Wildman–Crippen LogP) is 1.75. The van der Waals surface area contributed by atoms with Gasteiger partial charge in [0.1, 0.15) is 18.6 Å². The summed E-state index contributed by atoms with van der Waals surface area (Å²) in [6.07, 6.45) is 6.04. The van der Waals surface area contributed by atoms with Gasteiger partial charge in [0.25, 0.3) is 5.91 Å². The van der Waals surface area contributed by atoms with Crippen LogP contribution in [0.15, 0.2) is 53.3 Å². The zero-order chi connectivity index (χ0) is 19.2. The average Bonchev–Trinajstić information content (AvgIpc) is 2.65. The molecule has 0 radical (unpaired) electrons. The highest BCUT2D eigenvalue weighted by atomic mass is 16.6. The molecule has 0 saturated carbocycles. The molecule has 0 aromatic heterocycles. The van der Waals surface area contributed by atoms with Gasteiger partial charge in [-0.1, -0.05) is 17.3 Å². The number of likely N-dealkylation sites (N-methyl/N-ethyl adjacent to an activating group) is 2. The molecule has 1 aliphatic rings. The van der Waals surface area contributed by atoms with Crippen molar-refractivity contribution in [3.05, 3.63) is 53.8 Å². The second kappa shape index (κ2) is 8.53. The van der Waals surface area contributed by atoms with Gasteiger partial charge in [-0.2, -0.15) is 0 Å². The van der Waals surface area contributed by atoms with Crippen LogP contribution in [-0.4, -0.2) is 60.5 Å². The minimum absolute atomic E-state index is 0.130. The number of rotatable bonds is 7. The summed E-state index contributed by atoms with van der Waals surface area (Å²) in [5, 5.41) is 14.6. The average molecular weight is 359 g/mol. The van der Waals surface area contributed by atoms with Gasteiger partial charge in [0.2, 0.25) is 0 Å². The van der Waals surface area contributed by atoms with Crippen molar-refractivity contribution in [2.24, 2.45) is 5.16 Å². The second-order valence-electron chi connectivity index (χ2n) is 6.04. The zero-order valence-corrected chi connectivity index (χ0v) is 15.5. The van der Waals surface area contributed by atoms with Crippen LogP contribution in [0.5, 0.6) is 5.75 Å². The van der Waals surface area contributed by atoms with E-state index in [-0.39, 0.29) is 12.5 Å². The maximum atomic E-state index is 12.1. The van der Waals surface area contributed by atoms with Crippen LogP contribution in [-0.2, 0) is 16.2 Å². The van der Waals surface area contributed by atoms with E-state index in [0.717, 1.165) is 11.3 Å². The number of oxime groups is 1. The lowest BCUT2D eigenvalue weighted by Crippen LogP contribution is -2.47. The van der Waals surface area contributed by atoms with Crippen LogP contribution in [0.2, 0.25) is 0 Å². The third kappa shape index (κ3) is 4.64. The largest absolute Gasteiger partial charge is 0.497 e. The Labute approximate surface area is 153 Å². The van der Waals surface area contributed by atoms with Crippen molar-refractivity contribution in [1.29, 1.82) is 0 Å². The monoisotopic (exact) mass is 359 g/mol. The highest BCUT2D eigenvalue weighted by Crippen LogP contribution is 2.21. The normalized spacial score (nSPS) is 19.4. The van der Waals surface area contributed by atoms with Crippen LogP contribution in [0.3, 0.4) is 0 Å². The third-order valence-electron chi connectivity index (χ3n) is 3.96. The van der Waals surface area contributed by atoms with Crippen molar-refractivity contribution < 1.29 is 19.5 Å². The summed E-state index contributed by atoms with van der Waals surface area (Å²) in [7, 11) is 4.98. The molecular formula is C19H25N3O4. The molecule has 1 aromatic carbocycles. The lowest BCUT2D eigenvalue weighted by molar-refractivity contribution is -0.124. The first-order chi connectivity index (χ1) is 12.4. The molecule has 1 aromatic rings. The molecule has 1 N–H and O–H groups in total. The van der Waals surface area contributed by atoms with Crippen molar-refractivity contribution in [2.45, 2.75) is 19.3 Å². The lowest BCUT2D eigenvalue weighted by Gasteiger charge is -2.35. The Morgan fingerprint density at radius 3 is 2.62 bits per heavy atom. The van der Waals surface area contributed by atoms with Gasteiger partial charge in [0.15, 0.2) is 5.72 Å². The minimum atomic E-state index is -1.44. The van der Waals surface area contributed by atoms with Crippen molar-refractivity contribution in [3.8, 4) is 5.75 Å². The third-order valence-corrected chi connectivity index (χ3v) is 3.96. The van der Waals surface area contributed by atoms with Gasteiger partial charge in [-0.25, -0.2) is 0 Å². The standard InChI is InChI=1S/C19H25N3O4/c1-5-22-12-16(18(23)21(2)3)10-11-19(22,24)14-20-26-13-15-6-8-17(25-4)9-7-15/h6-12,14,24H,5,13H2,1-4H3. The first kappa shape index (κ1) is 19.5. The van der Waals surface area contributed by atoms with Crippen LogP contribution in [0, 0.1) is 0 Å². The number of benzene rings is 1. The SMILES string of the molecule is CCN1C=C(C(=O)N(C)C)C=CC1(O)C=NOCc1ccc(OC)cc1. The molecule has 0 saturated heterocycles. The fourth-order valence-corrected chi connectivity index (χ4v) is 2.42. The maximum absolute atomic E-state index is 12.1. The molecule has 1 unspecified atom stereocenters. The predicted molar refractivity (Wildman–Crippen MR) is 99.5 cm³/mol. The lowest BCUT2D eigenvalue weighted by atomic mass is 10.1. The number of hydrogen-bond donors (Lipinski definition) is 1. The quantitative estimate of drug-likeness (QED) is 0.593. The van der Waals surface area contributed by atoms with Gasteiger partial charge in [0, 0.05) is 26.8 Å². The molecule has 0 bridgehead atoms. The molecule has 7 nitrogen and oxygen atoms in total. The van der Waals surface area contributed by atoms with Crippen molar-refractivity contribution in [2.75, 3.05) is 27.7 Å². The fraction of sp³-hybridized carbons (Fsp3) is 0.368. The van der Waals surface area contributed by atoms with Crippen LogP contribution < -0.4 is 4.74 Å². The summed E-state index contributed by atoms with van der Waals surface area (Å²) in [5.41, 5.74) is -0.0144. The van der Waals surface area contributed by atoms with E-state index in [0.29, 0.717) is 12.1 Å². The van der Waals surface area contributed by atoms with Gasteiger partial charge >= 0.3 is 0 Å². The first-order valence-corrected chi connectivity index (χ1v) is 8.31. The summed E-state index contributed by atoms with van der Waals surface area (Å²) in [4.78, 5) is 20.4. The van der Waals surface area contributed by atoms with Gasteiger partial charge in [-0.15, -0.1) is 0 Å². The minimum Gasteiger partial charge on any atom is -0.497 e. The number of carbonyl (C=O) groups is 1. The Morgan fingerprint density at radius 1 is 1.35 bits per heavy atom. The summed E-state index contributed by atoms with van der Waals surface area (Å²) < 4.78 is 5.10. The van der Waals surface area contributed by atoms with Gasteiger partial charge in [0.05, 0.1) is 12.7 Å². The molecule has 26 heavy (non-hydrogen) atoms. The smallest absolute Gasteiger partial charge is 0.254 e. The Bertz CT molecular complexity index is 710. The highest BCUT2D eigenvalue weighted by Gasteiger charge is 2.31. The Hall–Kier alpha value is -2.80. The van der Waals surface area contributed by atoms with Crippen LogP contribution in [0.4, 0.5) is 0 Å². The first-order valence-electron chi connectivity index (χ1n) is 8.31. The molecule has 0 aliphatic carbocycles. The van der Waals surface area contributed by atoms with E-state index in [9.17, 15) is 9.90 Å². The molecule has 0 fully saturated rings. The number of nitrogens with zero attached hydrogens (tertiary/aromatic N) is 3. The summed E-state index contributed by atoms with van der Waals surface area (Å²) in [5.74, 6) is 0.641. The summed E-state index contributed by atoms with van der Waals surface area (Å²) >= 11 is 0. The molecule has 1 atom stereocenters. The summed E-state index contributed by atoms with van der Waals surface area (Å²) in [6, 6.07) is 7.44. The van der Waals surface area contributed by atoms with Crippen LogP contribution in [0.1, 0.15) is 12.5 Å². The van der Waals surface area contributed by atoms with E-state index in [2.05, 4.69) is 5.16 Å². The maximum Gasteiger partial charge on any atom is 0.254 e. The van der Waals surface area contributed by atoms with Crippen molar-refractivity contribution in [1.82, 2.24) is 9.80 Å². The number of amides is 1. The number of carbonyl (C=O) groups excluding carboxylic acids is 1. The van der Waals surface area contributed by atoms with E-state index in [1.807, 2.05) is 31.2 Å². The number of ether oxygens (including phenoxy) is 1. The van der Waals surface area contributed by atoms with Gasteiger partial charge in [-0.3, -0.25) is 4.79 Å². The number of methoxy groups -OCH3 is 1. The molecular weight excluding hydrogens is 334 g/mol. The van der Waals surface area contributed by atoms with Crippen molar-refractivity contribution in [3.63, 3.8) is 0 Å². The van der Waals surface area contributed by atoms with Crippen LogP contribution in [0.25, 0.3) is 0 Å². The Morgan fingerprint density at radius 2 is 2.04 bits per heavy atom. The number of aliphatic hydroxyl groups is 1. The fourth-order valence-electron chi connectivity index (χ4n) is 2.42. The molecule has 140 valence electrons. The summed E-state index contributed by atoms with van der Waals surface area (Å²) in [6.45, 7) is 2.65. The van der Waals surface area contributed by atoms with Gasteiger partial charge < -0.3 is 24.5 Å². The van der Waals surface area contributed by atoms with Crippen LogP contribution >= 0.6 is 0 Å². The zero-order valence-electron chi connectivity index (χ0n) is 15.5. The van der Waals surface area contributed by atoms with E-state index in [4.69, 9.17) is 9.57 Å². The Balaban J connectivity index is 1.99. The van der Waals surface area contributed by atoms with Gasteiger partial charge in [-0.05, 0) is 36.8 Å². The van der Waals surface area contributed by atoms with E-state index in [1.54, 1.807) is 38.4 Å². The second-order valence-corrected chi connectivity index (χ2v) is 6.04. The molecule has 7 heteroatoms. The highest BCUT2D eigenvalue weighted by molar-refractivity contribution is 5.96. The molecule has 2 rings (SSSR count). The topological polar surface area (TPSA) is 74.6 Å². The Kier molecular flexibility index (Phi) is 6.41. The molecule has 1 heterocycles. The molecule has 1 amide bonds. The van der Waals surface area contributed by atoms with E-state index >= 15 is 0 Å². The molecule has 0 spiro atoms. The molecule has 1 aliphatic heterocycles. The number of hydrogen-bond acceptors (Lipinski definition) is 6.